The Bertz CT molecular complexity index is 1080. The van der Waals surface area contributed by atoms with Gasteiger partial charge in [0.2, 0.25) is 0 Å². The summed E-state index contributed by atoms with van der Waals surface area (Å²) in [5.74, 6) is -1.11. The predicted molar refractivity (Wildman–Crippen MR) is 132 cm³/mol. The zero-order chi connectivity index (χ0) is 26.8. The highest BCUT2D eigenvalue weighted by Crippen LogP contribution is 2.34. The summed E-state index contributed by atoms with van der Waals surface area (Å²) in [5, 5.41) is 25.0. The van der Waals surface area contributed by atoms with Gasteiger partial charge >= 0.3 is 12.1 Å². The van der Waals surface area contributed by atoms with E-state index in [2.05, 4.69) is 15.4 Å². The minimum atomic E-state index is -4.75. The van der Waals surface area contributed by atoms with Gasteiger partial charge in [-0.05, 0) is 62.2 Å². The first-order valence-corrected chi connectivity index (χ1v) is 12.1. The molecule has 2 rings (SSSR count). The van der Waals surface area contributed by atoms with Crippen molar-refractivity contribution in [2.24, 2.45) is 0 Å². The number of hydrogen-bond acceptors (Lipinski definition) is 7. The lowest BCUT2D eigenvalue weighted by molar-refractivity contribution is -0.141. The molecule has 3 N–H and O–H groups in total. The minimum absolute atomic E-state index is 0.0335. The number of nitrogens with zero attached hydrogens (tertiary/aromatic N) is 1. The second-order valence-electron chi connectivity index (χ2n) is 8.22. The third kappa shape index (κ3) is 9.09. The second-order valence-corrected chi connectivity index (χ2v) is 9.27. The molecule has 0 aromatic heterocycles. The van der Waals surface area contributed by atoms with Crippen LogP contribution in [0.15, 0.2) is 47.4 Å². The zero-order valence-electron chi connectivity index (χ0n) is 19.9. The van der Waals surface area contributed by atoms with Gasteiger partial charge in [0.05, 0.1) is 24.3 Å². The minimum Gasteiger partial charge on any atom is -0.469 e. The number of alkyl halides is 3. The van der Waals surface area contributed by atoms with Gasteiger partial charge in [0.1, 0.15) is 5.60 Å². The summed E-state index contributed by atoms with van der Waals surface area (Å²) in [6, 6.07) is 11.7. The molecule has 0 aliphatic carbocycles. The molecular formula is C25H28F3N3O4S. The summed E-state index contributed by atoms with van der Waals surface area (Å²) in [7, 11) is 1.37. The largest absolute Gasteiger partial charge is 0.469 e. The fourth-order valence-electron chi connectivity index (χ4n) is 3.08. The molecule has 7 nitrogen and oxygen atoms in total. The lowest BCUT2D eigenvalue weighted by Crippen LogP contribution is -2.42. The topological polar surface area (TPSA) is 111 Å². The predicted octanol–water partition coefficient (Wildman–Crippen LogP) is 5.20. The number of halogens is 3. The van der Waals surface area contributed by atoms with Crippen LogP contribution in [0.2, 0.25) is 0 Å². The number of hydrogen-bond donors (Lipinski definition) is 3. The summed E-state index contributed by atoms with van der Waals surface area (Å²) in [6.45, 7) is 2.02. The quantitative estimate of drug-likeness (QED) is 0.199. The maximum atomic E-state index is 13.1. The SMILES string of the molecule is COC(=O)CCCCCNc1ccc(SC[C@](C)(O)C(=O)Nc2ccc(C#N)c(C(F)(F)F)c2)cc1. The van der Waals surface area contributed by atoms with Crippen molar-refractivity contribution in [3.63, 3.8) is 0 Å². The molecular weight excluding hydrogens is 495 g/mol. The molecule has 2 aromatic rings. The van der Waals surface area contributed by atoms with Gasteiger partial charge in [-0.1, -0.05) is 6.42 Å². The molecule has 0 aliphatic rings. The Kier molecular flexibility index (Phi) is 10.6. The number of thioether (sulfide) groups is 1. The molecule has 1 atom stereocenters. The monoisotopic (exact) mass is 523 g/mol. The van der Waals surface area contributed by atoms with Crippen molar-refractivity contribution in [2.75, 3.05) is 30.0 Å². The molecule has 0 unspecified atom stereocenters. The van der Waals surface area contributed by atoms with E-state index in [-0.39, 0.29) is 17.4 Å². The third-order valence-corrected chi connectivity index (χ3v) is 6.49. The number of rotatable bonds is 12. The first kappa shape index (κ1) is 29.0. The molecule has 1 amide bonds. The molecule has 0 bridgehead atoms. The fraction of sp³-hybridized carbons (Fsp3) is 0.400. The Morgan fingerprint density at radius 2 is 1.75 bits per heavy atom. The zero-order valence-corrected chi connectivity index (χ0v) is 20.8. The Hall–Kier alpha value is -3.23. The fourth-order valence-corrected chi connectivity index (χ4v) is 3.99. The van der Waals surface area contributed by atoms with Crippen molar-refractivity contribution >= 4 is 35.0 Å². The van der Waals surface area contributed by atoms with Crippen molar-refractivity contribution < 1.29 is 32.6 Å². The van der Waals surface area contributed by atoms with Crippen LogP contribution < -0.4 is 10.6 Å². The van der Waals surface area contributed by atoms with Gasteiger partial charge in [0, 0.05) is 35.0 Å². The van der Waals surface area contributed by atoms with Crippen LogP contribution in [0.4, 0.5) is 24.5 Å². The van der Waals surface area contributed by atoms with E-state index in [1.165, 1.54) is 37.9 Å². The van der Waals surface area contributed by atoms with Gasteiger partial charge < -0.3 is 20.5 Å². The molecule has 0 radical (unpaired) electrons. The maximum Gasteiger partial charge on any atom is 0.417 e. The van der Waals surface area contributed by atoms with E-state index >= 15 is 0 Å². The maximum absolute atomic E-state index is 13.1. The second kappa shape index (κ2) is 13.2. The molecule has 0 spiro atoms. The van der Waals surface area contributed by atoms with E-state index < -0.39 is 28.8 Å². The van der Waals surface area contributed by atoms with Crippen LogP contribution in [0, 0.1) is 11.3 Å². The average Bonchev–Trinajstić information content (AvgIpc) is 2.84. The number of nitriles is 1. The van der Waals surface area contributed by atoms with E-state index in [0.717, 1.165) is 42.5 Å². The van der Waals surface area contributed by atoms with Crippen molar-refractivity contribution in [1.82, 2.24) is 0 Å². The van der Waals surface area contributed by atoms with E-state index in [4.69, 9.17) is 5.26 Å². The lowest BCUT2D eigenvalue weighted by Gasteiger charge is -2.22. The summed E-state index contributed by atoms with van der Waals surface area (Å²) < 4.78 is 44.0. The van der Waals surface area contributed by atoms with Crippen LogP contribution in [0.25, 0.3) is 0 Å². The number of carbonyl (C=O) groups is 2. The molecule has 0 saturated carbocycles. The molecule has 2 aromatic carbocycles. The Morgan fingerprint density at radius 3 is 2.36 bits per heavy atom. The van der Waals surface area contributed by atoms with E-state index in [0.29, 0.717) is 12.5 Å². The number of carbonyl (C=O) groups excluding carboxylic acids is 2. The summed E-state index contributed by atoms with van der Waals surface area (Å²) >= 11 is 1.22. The molecule has 0 heterocycles. The number of methoxy groups -OCH3 is 1. The highest BCUT2D eigenvalue weighted by atomic mass is 32.2. The van der Waals surface area contributed by atoms with Crippen LogP contribution in [0.5, 0.6) is 0 Å². The Balaban J connectivity index is 1.84. The van der Waals surface area contributed by atoms with Crippen molar-refractivity contribution in [3.8, 4) is 6.07 Å². The molecule has 194 valence electrons. The number of amides is 1. The van der Waals surface area contributed by atoms with Crippen LogP contribution >= 0.6 is 11.8 Å². The van der Waals surface area contributed by atoms with Crippen LogP contribution in [0.1, 0.15) is 43.7 Å². The lowest BCUT2D eigenvalue weighted by atomic mass is 10.1. The number of esters is 1. The van der Waals surface area contributed by atoms with Gasteiger partial charge in [-0.3, -0.25) is 9.59 Å². The van der Waals surface area contributed by atoms with Crippen LogP contribution in [-0.2, 0) is 20.5 Å². The first-order valence-electron chi connectivity index (χ1n) is 11.1. The number of aliphatic hydroxyl groups is 1. The smallest absolute Gasteiger partial charge is 0.417 e. The van der Waals surface area contributed by atoms with Crippen molar-refractivity contribution in [2.45, 2.75) is 49.3 Å². The van der Waals surface area contributed by atoms with E-state index in [9.17, 15) is 27.9 Å². The summed E-state index contributed by atoms with van der Waals surface area (Å²) in [4.78, 5) is 24.4. The average molecular weight is 524 g/mol. The Labute approximate surface area is 212 Å². The van der Waals surface area contributed by atoms with E-state index in [1.54, 1.807) is 0 Å². The number of unbranched alkanes of at least 4 members (excludes halogenated alkanes) is 2. The van der Waals surface area contributed by atoms with Crippen molar-refractivity contribution in [3.05, 3.63) is 53.6 Å². The molecule has 36 heavy (non-hydrogen) atoms. The van der Waals surface area contributed by atoms with Gasteiger partial charge in [-0.2, -0.15) is 18.4 Å². The number of ether oxygens (including phenoxy) is 1. The van der Waals surface area contributed by atoms with Crippen LogP contribution in [0.3, 0.4) is 0 Å². The van der Waals surface area contributed by atoms with Gasteiger partial charge in [-0.25, -0.2) is 0 Å². The highest BCUT2D eigenvalue weighted by molar-refractivity contribution is 7.99. The normalized spacial score (nSPS) is 12.8. The number of benzene rings is 2. The number of nitrogens with one attached hydrogen (secondary N) is 2. The molecule has 0 saturated heterocycles. The Morgan fingerprint density at radius 1 is 1.08 bits per heavy atom. The highest BCUT2D eigenvalue weighted by Gasteiger charge is 2.35. The first-order chi connectivity index (χ1) is 17.0. The van der Waals surface area contributed by atoms with E-state index in [1.807, 2.05) is 24.3 Å². The van der Waals surface area contributed by atoms with Gasteiger partial charge in [0.15, 0.2) is 0 Å². The van der Waals surface area contributed by atoms with Gasteiger partial charge in [0.25, 0.3) is 5.91 Å². The van der Waals surface area contributed by atoms with Crippen molar-refractivity contribution in [1.29, 1.82) is 5.26 Å². The van der Waals surface area contributed by atoms with Gasteiger partial charge in [-0.15, -0.1) is 11.8 Å². The summed E-state index contributed by atoms with van der Waals surface area (Å²) in [5.41, 5.74) is -2.85. The standard InChI is InChI=1S/C25H28F3N3O4S/c1-24(34,23(33)31-19-8-7-17(15-29)21(14-19)25(26,27)28)16-36-20-11-9-18(10-12-20)30-13-5-3-4-6-22(32)35-2/h7-12,14,30,34H,3-6,13,16H2,1-2H3,(H,31,33)/t24-/m0/s1. The molecule has 11 heteroatoms. The molecule has 0 aliphatic heterocycles. The van der Waals surface area contributed by atoms with Crippen LogP contribution in [-0.4, -0.2) is 42.0 Å². The summed E-state index contributed by atoms with van der Waals surface area (Å²) in [6.07, 6.45) is -1.78. The third-order valence-electron chi connectivity index (χ3n) is 5.18. The number of anilines is 2. The molecule has 0 fully saturated rings.